The summed E-state index contributed by atoms with van der Waals surface area (Å²) in [5.74, 6) is 1.49. The first-order chi connectivity index (χ1) is 16.6. The van der Waals surface area contributed by atoms with Crippen molar-refractivity contribution in [3.63, 3.8) is 0 Å². The van der Waals surface area contributed by atoms with E-state index >= 15 is 0 Å². The first-order valence-corrected chi connectivity index (χ1v) is 13.6. The van der Waals surface area contributed by atoms with Gasteiger partial charge in [-0.05, 0) is 80.6 Å². The summed E-state index contributed by atoms with van der Waals surface area (Å²) in [4.78, 5) is 0. The monoisotopic (exact) mass is 723 g/mol. The molecule has 0 aliphatic heterocycles. The molecule has 190 valence electrons. The molecule has 2 atom stereocenters. The number of aliphatic hydroxyl groups excluding tert-OH is 3. The van der Waals surface area contributed by atoms with Crippen molar-refractivity contribution in [2.75, 3.05) is 19.1 Å². The largest absolute Gasteiger partial charge is 0.491 e. The number of hydrogen-bond donors (Lipinski definition) is 3. The Morgan fingerprint density at radius 2 is 1.71 bits per heavy atom. The average molecular weight is 724 g/mol. The Hall–Kier alpha value is -1.19. The molecule has 3 aromatic rings. The lowest BCUT2D eigenvalue weighted by atomic mass is 9.78. The van der Waals surface area contributed by atoms with E-state index < -0.39 is 12.2 Å². The van der Waals surface area contributed by atoms with Crippen molar-refractivity contribution in [3.05, 3.63) is 66.6 Å². The minimum Gasteiger partial charge on any atom is -0.491 e. The summed E-state index contributed by atoms with van der Waals surface area (Å²) in [6, 6.07) is 13.8. The van der Waals surface area contributed by atoms with Crippen LogP contribution in [0.4, 0.5) is 0 Å². The van der Waals surface area contributed by atoms with E-state index in [1.165, 1.54) is 4.68 Å². The third-order valence-corrected chi connectivity index (χ3v) is 7.64. The molecule has 2 aromatic carbocycles. The Bertz CT molecular complexity index is 1110. The summed E-state index contributed by atoms with van der Waals surface area (Å²) >= 11 is 9.86. The van der Waals surface area contributed by atoms with Gasteiger partial charge in [-0.25, -0.2) is 4.68 Å². The van der Waals surface area contributed by atoms with Crippen LogP contribution in [0, 0.1) is 7.27 Å². The van der Waals surface area contributed by atoms with Crippen LogP contribution in [0.5, 0.6) is 11.5 Å². The summed E-state index contributed by atoms with van der Waals surface area (Å²) < 4.78 is 14.5. The topological polar surface area (TPSA) is 110 Å². The number of aromatic nitrogens is 3. The van der Waals surface area contributed by atoms with Crippen LogP contribution < -0.4 is 9.47 Å². The van der Waals surface area contributed by atoms with Crippen LogP contribution in [0.1, 0.15) is 30.7 Å². The highest BCUT2D eigenvalue weighted by molar-refractivity contribution is 14.1. The first kappa shape index (κ1) is 28.4. The summed E-state index contributed by atoms with van der Waals surface area (Å²) in [7, 11) is 0. The molecule has 0 fully saturated rings. The fourth-order valence-electron chi connectivity index (χ4n) is 3.42. The lowest BCUT2D eigenvalue weighted by molar-refractivity contribution is 0.0866. The third-order valence-electron chi connectivity index (χ3n) is 5.60. The Morgan fingerprint density at radius 3 is 2.34 bits per heavy atom. The minimum absolute atomic E-state index is 0.0854. The molecule has 0 amide bonds. The van der Waals surface area contributed by atoms with Crippen LogP contribution in [0.3, 0.4) is 0 Å². The van der Waals surface area contributed by atoms with Crippen molar-refractivity contribution in [1.29, 1.82) is 0 Å². The van der Waals surface area contributed by atoms with Crippen LogP contribution in [-0.4, -0.2) is 61.6 Å². The number of benzene rings is 2. The minimum atomic E-state index is -0.803. The van der Waals surface area contributed by atoms with Crippen LogP contribution in [0.25, 0.3) is 0 Å². The van der Waals surface area contributed by atoms with E-state index in [-0.39, 0.29) is 37.7 Å². The second-order valence-electron chi connectivity index (χ2n) is 8.55. The fraction of sp³-hybridized carbons (Fsp3) is 0.417. The second-order valence-corrected chi connectivity index (χ2v) is 11.0. The summed E-state index contributed by atoms with van der Waals surface area (Å²) in [5, 5.41) is 37.2. The number of nitrogens with zero attached hydrogens (tertiary/aromatic N) is 3. The van der Waals surface area contributed by atoms with E-state index in [0.29, 0.717) is 20.9 Å². The molecule has 2 unspecified atom stereocenters. The molecular formula is C24H28ClI2N3O5. The molecule has 1 aromatic heterocycles. The fourth-order valence-corrected chi connectivity index (χ4v) is 4.73. The molecule has 0 aliphatic rings. The Labute approximate surface area is 236 Å². The van der Waals surface area contributed by atoms with Crippen LogP contribution in [0.2, 0.25) is 0 Å². The van der Waals surface area contributed by atoms with Crippen molar-refractivity contribution in [1.82, 2.24) is 15.0 Å². The molecule has 3 N–H and O–H groups in total. The van der Waals surface area contributed by atoms with Crippen LogP contribution in [0.15, 0.2) is 42.5 Å². The number of alkyl halides is 1. The number of aliphatic hydroxyl groups is 3. The Balaban J connectivity index is 1.61. The van der Waals surface area contributed by atoms with Crippen LogP contribution >= 0.6 is 56.8 Å². The lowest BCUT2D eigenvalue weighted by Crippen LogP contribution is -2.25. The molecule has 0 radical (unpaired) electrons. The van der Waals surface area contributed by atoms with Gasteiger partial charge in [0.25, 0.3) is 0 Å². The molecule has 35 heavy (non-hydrogen) atoms. The standard InChI is InChI=1S/C24H28ClI2N3O5/c1-24(2,16-5-8-22(20(26)9-16)35-13-17(32)10-25)15-3-6-19(7-4-15)34-14-18(33)11-30-21(12-31)23(27)28-29-30/h3-9,17-18,31-33H,10-14H2,1-2H3/i27-4. The molecule has 0 bridgehead atoms. The molecule has 0 spiro atoms. The quantitative estimate of drug-likeness (QED) is 0.193. The number of ether oxygens (including phenoxy) is 2. The zero-order valence-corrected chi connectivity index (χ0v) is 24.4. The van der Waals surface area contributed by atoms with E-state index in [4.69, 9.17) is 21.1 Å². The van der Waals surface area contributed by atoms with Gasteiger partial charge in [-0.3, -0.25) is 0 Å². The van der Waals surface area contributed by atoms with E-state index in [2.05, 4.69) is 52.8 Å². The SMILES string of the molecule is CC(C)(c1ccc(OCC(O)Cn2nnc([123I])c2CO)cc1)c1ccc(OCC(O)CCl)c(I)c1. The van der Waals surface area contributed by atoms with Gasteiger partial charge in [-0.1, -0.05) is 37.3 Å². The Kier molecular flexibility index (Phi) is 10.4. The highest BCUT2D eigenvalue weighted by Crippen LogP contribution is 2.35. The maximum absolute atomic E-state index is 10.3. The van der Waals surface area contributed by atoms with Gasteiger partial charge in [-0.2, -0.15) is 0 Å². The zero-order chi connectivity index (χ0) is 25.6. The summed E-state index contributed by atoms with van der Waals surface area (Å²) in [5.41, 5.74) is 2.53. The van der Waals surface area contributed by atoms with Crippen molar-refractivity contribution in [2.24, 2.45) is 0 Å². The van der Waals surface area contributed by atoms with Gasteiger partial charge >= 0.3 is 0 Å². The molecule has 11 heteroatoms. The summed E-state index contributed by atoms with van der Waals surface area (Å²) in [6.45, 7) is 4.52. The zero-order valence-electron chi connectivity index (χ0n) is 19.4. The summed E-state index contributed by atoms with van der Waals surface area (Å²) in [6.07, 6.45) is -1.50. The predicted octanol–water partition coefficient (Wildman–Crippen LogP) is 3.72. The molecule has 1 heterocycles. The molecular weight excluding hydrogens is 696 g/mol. The van der Waals surface area contributed by atoms with Gasteiger partial charge in [0.05, 0.1) is 28.3 Å². The highest BCUT2D eigenvalue weighted by Gasteiger charge is 2.24. The number of hydrogen-bond acceptors (Lipinski definition) is 7. The normalized spacial score (nSPS) is 13.5. The van der Waals surface area contributed by atoms with Gasteiger partial charge in [-0.15, -0.1) is 16.7 Å². The van der Waals surface area contributed by atoms with E-state index in [1.54, 1.807) is 0 Å². The van der Waals surface area contributed by atoms with Crippen molar-refractivity contribution in [3.8, 4) is 11.5 Å². The first-order valence-electron chi connectivity index (χ1n) is 10.9. The van der Waals surface area contributed by atoms with Gasteiger partial charge in [0.15, 0.2) is 0 Å². The molecule has 0 aliphatic carbocycles. The molecule has 3 rings (SSSR count). The van der Waals surface area contributed by atoms with Gasteiger partial charge in [0, 0.05) is 5.41 Å². The van der Waals surface area contributed by atoms with E-state index in [0.717, 1.165) is 14.7 Å². The smallest absolute Gasteiger partial charge is 0.149 e. The molecule has 0 saturated carbocycles. The van der Waals surface area contributed by atoms with Crippen molar-refractivity contribution in [2.45, 2.75) is 44.6 Å². The van der Waals surface area contributed by atoms with Crippen molar-refractivity contribution < 1.29 is 24.8 Å². The van der Waals surface area contributed by atoms with Crippen molar-refractivity contribution >= 4 is 56.8 Å². The third kappa shape index (κ3) is 7.41. The Morgan fingerprint density at radius 1 is 1.06 bits per heavy atom. The molecule has 8 nitrogen and oxygen atoms in total. The van der Waals surface area contributed by atoms with E-state index in [1.807, 2.05) is 59.0 Å². The van der Waals surface area contributed by atoms with E-state index in [9.17, 15) is 15.3 Å². The average Bonchev–Trinajstić information content (AvgIpc) is 3.20. The lowest BCUT2D eigenvalue weighted by Gasteiger charge is -2.27. The van der Waals surface area contributed by atoms with Gasteiger partial charge in [0.1, 0.15) is 40.6 Å². The predicted molar refractivity (Wildman–Crippen MR) is 150 cm³/mol. The van der Waals surface area contributed by atoms with Gasteiger partial charge in [0.2, 0.25) is 0 Å². The van der Waals surface area contributed by atoms with Crippen LogP contribution in [-0.2, 0) is 18.6 Å². The molecule has 0 saturated heterocycles. The maximum atomic E-state index is 10.3. The van der Waals surface area contributed by atoms with Gasteiger partial charge < -0.3 is 24.8 Å². The highest BCUT2D eigenvalue weighted by atomic mass is 127. The number of rotatable bonds is 12. The number of halogens is 3. The maximum Gasteiger partial charge on any atom is 0.149 e. The second kappa shape index (κ2) is 12.9.